The highest BCUT2D eigenvalue weighted by Gasteiger charge is 2.28. The highest BCUT2D eigenvalue weighted by Crippen LogP contribution is 2.24. The molecule has 1 aliphatic rings. The van der Waals surface area contributed by atoms with Crippen LogP contribution in [0.25, 0.3) is 0 Å². The molecule has 1 fully saturated rings. The Morgan fingerprint density at radius 2 is 1.85 bits per heavy atom. The molecule has 1 amide bonds. The molecule has 0 radical (unpaired) electrons. The Morgan fingerprint density at radius 3 is 2.56 bits per heavy atom. The Labute approximate surface area is 159 Å². The lowest BCUT2D eigenvalue weighted by molar-refractivity contribution is 0.0730. The van der Waals surface area contributed by atoms with E-state index >= 15 is 0 Å². The Morgan fingerprint density at radius 1 is 1.15 bits per heavy atom. The molecule has 0 spiro atoms. The third-order valence-electron chi connectivity index (χ3n) is 3.99. The van der Waals surface area contributed by atoms with Crippen molar-refractivity contribution in [1.82, 2.24) is 4.31 Å². The van der Waals surface area contributed by atoms with Gasteiger partial charge in [-0.1, -0.05) is 17.7 Å². The number of hydrogen-bond donors (Lipinski definition) is 1. The largest absolute Gasteiger partial charge is 0.379 e. The lowest BCUT2D eigenvalue weighted by Gasteiger charge is -2.26. The quantitative estimate of drug-likeness (QED) is 0.831. The van der Waals surface area contributed by atoms with Crippen molar-refractivity contribution in [3.8, 4) is 0 Å². The molecular formula is C17H15ClF2N2O4S. The van der Waals surface area contributed by atoms with Crippen molar-refractivity contribution >= 4 is 33.2 Å². The third kappa shape index (κ3) is 4.11. The molecule has 0 aliphatic carbocycles. The van der Waals surface area contributed by atoms with Gasteiger partial charge in [-0.25, -0.2) is 17.2 Å². The highest BCUT2D eigenvalue weighted by atomic mass is 35.5. The number of benzene rings is 2. The van der Waals surface area contributed by atoms with Crippen LogP contribution in [-0.2, 0) is 14.8 Å². The van der Waals surface area contributed by atoms with Gasteiger partial charge in [0.2, 0.25) is 10.0 Å². The van der Waals surface area contributed by atoms with Crippen molar-refractivity contribution in [3.63, 3.8) is 0 Å². The minimum atomic E-state index is -3.91. The van der Waals surface area contributed by atoms with E-state index in [0.717, 1.165) is 18.2 Å². The minimum absolute atomic E-state index is 0.162. The zero-order valence-electron chi connectivity index (χ0n) is 13.9. The van der Waals surface area contributed by atoms with E-state index in [1.54, 1.807) is 0 Å². The first-order chi connectivity index (χ1) is 12.8. The molecule has 0 saturated carbocycles. The Hall–Kier alpha value is -2.07. The number of morpholine rings is 1. The van der Waals surface area contributed by atoms with Gasteiger partial charge in [-0.15, -0.1) is 0 Å². The molecule has 27 heavy (non-hydrogen) atoms. The molecular weight excluding hydrogens is 402 g/mol. The Balaban J connectivity index is 1.91. The topological polar surface area (TPSA) is 75.7 Å². The average Bonchev–Trinajstić information content (AvgIpc) is 2.66. The van der Waals surface area contributed by atoms with Crippen molar-refractivity contribution in [2.24, 2.45) is 0 Å². The number of anilines is 1. The van der Waals surface area contributed by atoms with Crippen LogP contribution in [0, 0.1) is 11.6 Å². The highest BCUT2D eigenvalue weighted by molar-refractivity contribution is 7.89. The van der Waals surface area contributed by atoms with Crippen LogP contribution in [0.3, 0.4) is 0 Å². The summed E-state index contributed by atoms with van der Waals surface area (Å²) in [5.41, 5.74) is -0.767. The average molecular weight is 417 g/mol. The molecule has 1 aliphatic heterocycles. The maximum Gasteiger partial charge on any atom is 0.258 e. The molecule has 0 bridgehead atoms. The maximum atomic E-state index is 14.1. The second-order valence-corrected chi connectivity index (χ2v) is 8.06. The van der Waals surface area contributed by atoms with Gasteiger partial charge in [-0.05, 0) is 30.3 Å². The molecule has 3 rings (SSSR count). The SMILES string of the molecule is O=C(Nc1cccc(Cl)c1F)c1cc(S(=O)(=O)N2CCOCC2)ccc1F. The van der Waals surface area contributed by atoms with E-state index in [4.69, 9.17) is 16.3 Å². The number of hydrogen-bond acceptors (Lipinski definition) is 4. The molecule has 0 aromatic heterocycles. The summed E-state index contributed by atoms with van der Waals surface area (Å²) in [6.07, 6.45) is 0. The summed E-state index contributed by atoms with van der Waals surface area (Å²) < 4.78 is 59.7. The van der Waals surface area contributed by atoms with E-state index in [2.05, 4.69) is 5.32 Å². The van der Waals surface area contributed by atoms with Crippen molar-refractivity contribution in [2.75, 3.05) is 31.6 Å². The van der Waals surface area contributed by atoms with E-state index in [0.29, 0.717) is 0 Å². The van der Waals surface area contributed by atoms with Crippen molar-refractivity contribution in [2.45, 2.75) is 4.90 Å². The van der Waals surface area contributed by atoms with Crippen LogP contribution in [0.2, 0.25) is 5.02 Å². The van der Waals surface area contributed by atoms with Crippen molar-refractivity contribution < 1.29 is 26.7 Å². The van der Waals surface area contributed by atoms with E-state index in [1.165, 1.54) is 22.5 Å². The first-order valence-electron chi connectivity index (χ1n) is 7.93. The van der Waals surface area contributed by atoms with Gasteiger partial charge in [0.25, 0.3) is 5.91 Å². The molecule has 1 heterocycles. The summed E-state index contributed by atoms with van der Waals surface area (Å²) >= 11 is 5.65. The predicted octanol–water partition coefficient (Wildman–Crippen LogP) is 2.89. The number of halogens is 3. The number of carbonyl (C=O) groups excluding carboxylic acids is 1. The molecule has 1 saturated heterocycles. The lowest BCUT2D eigenvalue weighted by Crippen LogP contribution is -2.40. The van der Waals surface area contributed by atoms with Gasteiger partial charge in [0.15, 0.2) is 5.82 Å². The normalized spacial score (nSPS) is 15.5. The van der Waals surface area contributed by atoms with Crippen LogP contribution in [-0.4, -0.2) is 44.9 Å². The molecule has 0 unspecified atom stereocenters. The summed E-state index contributed by atoms with van der Waals surface area (Å²) in [4.78, 5) is 12.1. The number of ether oxygens (including phenoxy) is 1. The minimum Gasteiger partial charge on any atom is -0.379 e. The fourth-order valence-electron chi connectivity index (χ4n) is 2.56. The van der Waals surface area contributed by atoms with Crippen LogP contribution in [0.4, 0.5) is 14.5 Å². The number of rotatable bonds is 4. The van der Waals surface area contributed by atoms with Gasteiger partial charge in [-0.2, -0.15) is 4.31 Å². The summed E-state index contributed by atoms with van der Waals surface area (Å²) in [7, 11) is -3.91. The van der Waals surface area contributed by atoms with E-state index in [-0.39, 0.29) is 41.9 Å². The number of sulfonamides is 1. The number of amides is 1. The summed E-state index contributed by atoms with van der Waals surface area (Å²) in [5.74, 6) is -2.80. The molecule has 6 nitrogen and oxygen atoms in total. The van der Waals surface area contributed by atoms with Gasteiger partial charge in [0.1, 0.15) is 5.82 Å². The van der Waals surface area contributed by atoms with Gasteiger partial charge < -0.3 is 10.1 Å². The van der Waals surface area contributed by atoms with Gasteiger partial charge in [0, 0.05) is 13.1 Å². The predicted molar refractivity (Wildman–Crippen MR) is 95.3 cm³/mol. The van der Waals surface area contributed by atoms with Crippen LogP contribution in [0.5, 0.6) is 0 Å². The first kappa shape index (κ1) is 19.7. The summed E-state index contributed by atoms with van der Waals surface area (Å²) in [6, 6.07) is 6.86. The Bertz CT molecular complexity index is 979. The number of nitrogens with one attached hydrogen (secondary N) is 1. The lowest BCUT2D eigenvalue weighted by atomic mass is 10.2. The maximum absolute atomic E-state index is 14.1. The van der Waals surface area contributed by atoms with E-state index in [1.807, 2.05) is 0 Å². The molecule has 2 aromatic rings. The standard InChI is InChI=1S/C17H15ClF2N2O4S/c18-13-2-1-3-15(16(13)20)21-17(23)12-10-11(4-5-14(12)19)27(24,25)22-6-8-26-9-7-22/h1-5,10H,6-9H2,(H,21,23). The van der Waals surface area contributed by atoms with E-state index < -0.39 is 33.1 Å². The zero-order valence-corrected chi connectivity index (χ0v) is 15.5. The summed E-state index contributed by atoms with van der Waals surface area (Å²) in [5, 5.41) is 1.99. The van der Waals surface area contributed by atoms with Gasteiger partial charge >= 0.3 is 0 Å². The number of carbonyl (C=O) groups is 1. The smallest absolute Gasteiger partial charge is 0.258 e. The Kier molecular flexibility index (Phi) is 5.75. The third-order valence-corrected chi connectivity index (χ3v) is 6.18. The molecule has 1 N–H and O–H groups in total. The second-order valence-electron chi connectivity index (χ2n) is 5.71. The molecule has 144 valence electrons. The van der Waals surface area contributed by atoms with Crippen LogP contribution < -0.4 is 5.32 Å². The van der Waals surface area contributed by atoms with Crippen molar-refractivity contribution in [1.29, 1.82) is 0 Å². The zero-order chi connectivity index (χ0) is 19.6. The molecule has 2 aromatic carbocycles. The molecule has 0 atom stereocenters. The second kappa shape index (κ2) is 7.89. The van der Waals surface area contributed by atoms with Gasteiger partial charge in [0.05, 0.1) is 34.4 Å². The number of nitrogens with zero attached hydrogens (tertiary/aromatic N) is 1. The van der Waals surface area contributed by atoms with E-state index in [9.17, 15) is 22.0 Å². The van der Waals surface area contributed by atoms with Crippen LogP contribution in [0.15, 0.2) is 41.3 Å². The first-order valence-corrected chi connectivity index (χ1v) is 9.75. The van der Waals surface area contributed by atoms with Crippen LogP contribution >= 0.6 is 11.6 Å². The van der Waals surface area contributed by atoms with Gasteiger partial charge in [-0.3, -0.25) is 4.79 Å². The fraction of sp³-hybridized carbons (Fsp3) is 0.235. The summed E-state index contributed by atoms with van der Waals surface area (Å²) in [6.45, 7) is 0.827. The van der Waals surface area contributed by atoms with Crippen LogP contribution in [0.1, 0.15) is 10.4 Å². The monoisotopic (exact) mass is 416 g/mol. The fourth-order valence-corrected chi connectivity index (χ4v) is 4.17. The van der Waals surface area contributed by atoms with Crippen molar-refractivity contribution in [3.05, 3.63) is 58.6 Å². The molecule has 10 heteroatoms.